The fourth-order valence-corrected chi connectivity index (χ4v) is 3.04. The van der Waals surface area contributed by atoms with Gasteiger partial charge in [-0.3, -0.25) is 4.79 Å². The van der Waals surface area contributed by atoms with Gasteiger partial charge in [-0.15, -0.1) is 0 Å². The second kappa shape index (κ2) is 6.22. The highest BCUT2D eigenvalue weighted by Gasteiger charge is 2.15. The normalized spacial score (nSPS) is 12.0. The molecule has 0 spiro atoms. The molecule has 0 aliphatic carbocycles. The molecule has 0 heterocycles. The van der Waals surface area contributed by atoms with Gasteiger partial charge in [-0.1, -0.05) is 73.0 Å². The van der Waals surface area contributed by atoms with Crippen molar-refractivity contribution in [3.05, 3.63) is 35.9 Å². The van der Waals surface area contributed by atoms with Crippen molar-refractivity contribution in [2.45, 2.75) is 26.6 Å². The third kappa shape index (κ3) is 5.37. The number of carbonyl (C=O) groups is 1. The molecule has 0 aromatic heterocycles. The molecule has 1 nitrogen and oxygen atoms in total. The summed E-state index contributed by atoms with van der Waals surface area (Å²) in [5, 5.41) is 1.65. The standard InChI is InChI=1S/C14H20OSSi/c1-12(15)16-11-5-6-13-7-9-14(10-8-13)17(2,3)4/h5-10H,11H2,1-4H3. The summed E-state index contributed by atoms with van der Waals surface area (Å²) < 4.78 is 0. The van der Waals surface area contributed by atoms with Crippen LogP contribution in [-0.2, 0) is 4.79 Å². The first-order chi connectivity index (χ1) is 7.89. The summed E-state index contributed by atoms with van der Waals surface area (Å²) in [4.78, 5) is 10.7. The van der Waals surface area contributed by atoms with E-state index in [0.29, 0.717) is 0 Å². The van der Waals surface area contributed by atoms with Gasteiger partial charge in [0, 0.05) is 12.7 Å². The van der Waals surface area contributed by atoms with Gasteiger partial charge in [-0.25, -0.2) is 0 Å². The van der Waals surface area contributed by atoms with Crippen molar-refractivity contribution < 1.29 is 4.79 Å². The van der Waals surface area contributed by atoms with Crippen LogP contribution in [0.15, 0.2) is 30.3 Å². The van der Waals surface area contributed by atoms with Crippen molar-refractivity contribution in [3.63, 3.8) is 0 Å². The number of rotatable bonds is 4. The lowest BCUT2D eigenvalue weighted by molar-refractivity contribution is -0.109. The molecule has 0 atom stereocenters. The van der Waals surface area contributed by atoms with E-state index in [2.05, 4.69) is 50.0 Å². The molecule has 17 heavy (non-hydrogen) atoms. The van der Waals surface area contributed by atoms with Crippen LogP contribution >= 0.6 is 11.8 Å². The van der Waals surface area contributed by atoms with Crippen LogP contribution < -0.4 is 5.19 Å². The van der Waals surface area contributed by atoms with E-state index in [4.69, 9.17) is 0 Å². The van der Waals surface area contributed by atoms with Gasteiger partial charge in [0.05, 0.1) is 8.07 Å². The number of carbonyl (C=O) groups excluding carboxylic acids is 1. The Labute approximate surface area is 109 Å². The molecule has 1 aromatic rings. The monoisotopic (exact) mass is 264 g/mol. The number of benzene rings is 1. The lowest BCUT2D eigenvalue weighted by atomic mass is 10.2. The lowest BCUT2D eigenvalue weighted by Gasteiger charge is -2.16. The molecule has 0 fully saturated rings. The average Bonchev–Trinajstić information content (AvgIpc) is 2.23. The number of hydrogen-bond donors (Lipinski definition) is 0. The Morgan fingerprint density at radius 1 is 1.24 bits per heavy atom. The van der Waals surface area contributed by atoms with E-state index in [0.717, 1.165) is 5.75 Å². The van der Waals surface area contributed by atoms with Crippen LogP contribution in [0.5, 0.6) is 0 Å². The van der Waals surface area contributed by atoms with Gasteiger partial charge in [-0.2, -0.15) is 0 Å². The highest BCUT2D eigenvalue weighted by atomic mass is 32.2. The Bertz CT molecular complexity index is 401. The summed E-state index contributed by atoms with van der Waals surface area (Å²) in [7, 11) is -1.18. The zero-order valence-corrected chi connectivity index (χ0v) is 12.8. The Morgan fingerprint density at radius 3 is 2.29 bits per heavy atom. The molecular formula is C14H20OSSi. The highest BCUT2D eigenvalue weighted by Crippen LogP contribution is 2.07. The van der Waals surface area contributed by atoms with Crippen molar-refractivity contribution in [2.75, 3.05) is 5.75 Å². The molecule has 0 amide bonds. The molecule has 1 rings (SSSR count). The van der Waals surface area contributed by atoms with Crippen molar-refractivity contribution >= 4 is 36.2 Å². The minimum Gasteiger partial charge on any atom is -0.288 e. The van der Waals surface area contributed by atoms with E-state index in [-0.39, 0.29) is 5.12 Å². The SMILES string of the molecule is CC(=O)SCC=Cc1ccc([Si](C)(C)C)cc1. The maximum atomic E-state index is 10.7. The molecule has 0 saturated carbocycles. The topological polar surface area (TPSA) is 17.1 Å². The Hall–Kier alpha value is -0.803. The summed E-state index contributed by atoms with van der Waals surface area (Å²) >= 11 is 1.34. The first kappa shape index (κ1) is 14.3. The molecule has 0 N–H and O–H groups in total. The summed E-state index contributed by atoms with van der Waals surface area (Å²) in [5.41, 5.74) is 1.20. The van der Waals surface area contributed by atoms with E-state index >= 15 is 0 Å². The molecule has 0 aliphatic heterocycles. The largest absolute Gasteiger partial charge is 0.288 e. The maximum absolute atomic E-state index is 10.7. The van der Waals surface area contributed by atoms with Crippen LogP contribution in [0.2, 0.25) is 19.6 Å². The summed E-state index contributed by atoms with van der Waals surface area (Å²) in [6.07, 6.45) is 4.11. The van der Waals surface area contributed by atoms with Crippen LogP contribution in [0, 0.1) is 0 Å². The fraction of sp³-hybridized carbons (Fsp3) is 0.357. The first-order valence-corrected chi connectivity index (χ1v) is 10.3. The molecule has 92 valence electrons. The van der Waals surface area contributed by atoms with Crippen LogP contribution in [-0.4, -0.2) is 18.9 Å². The Morgan fingerprint density at radius 2 is 1.82 bits per heavy atom. The quantitative estimate of drug-likeness (QED) is 0.774. The van der Waals surface area contributed by atoms with Gasteiger partial charge in [0.25, 0.3) is 0 Å². The summed E-state index contributed by atoms with van der Waals surface area (Å²) in [5.74, 6) is 0.755. The third-order valence-corrected chi connectivity index (χ3v) is 5.30. The minimum absolute atomic E-state index is 0.170. The summed E-state index contributed by atoms with van der Waals surface area (Å²) in [6, 6.07) is 8.76. The molecule has 0 aliphatic rings. The van der Waals surface area contributed by atoms with Crippen LogP contribution in [0.4, 0.5) is 0 Å². The molecular weight excluding hydrogens is 244 g/mol. The third-order valence-electron chi connectivity index (χ3n) is 2.47. The van der Waals surface area contributed by atoms with E-state index in [1.54, 1.807) is 6.92 Å². The predicted molar refractivity (Wildman–Crippen MR) is 81.6 cm³/mol. The smallest absolute Gasteiger partial charge is 0.186 e. The van der Waals surface area contributed by atoms with Crippen molar-refractivity contribution in [2.24, 2.45) is 0 Å². The van der Waals surface area contributed by atoms with E-state index in [9.17, 15) is 4.79 Å². The maximum Gasteiger partial charge on any atom is 0.186 e. The number of thioether (sulfide) groups is 1. The molecule has 3 heteroatoms. The first-order valence-electron chi connectivity index (χ1n) is 5.80. The van der Waals surface area contributed by atoms with E-state index in [1.807, 2.05) is 6.08 Å². The zero-order valence-electron chi connectivity index (χ0n) is 11.0. The molecule has 0 saturated heterocycles. The van der Waals surface area contributed by atoms with Crippen LogP contribution in [0.3, 0.4) is 0 Å². The van der Waals surface area contributed by atoms with Gasteiger partial charge in [0.2, 0.25) is 0 Å². The van der Waals surface area contributed by atoms with Crippen molar-refractivity contribution in [3.8, 4) is 0 Å². The average molecular weight is 264 g/mol. The van der Waals surface area contributed by atoms with Crippen LogP contribution in [0.1, 0.15) is 12.5 Å². The Balaban J connectivity index is 2.60. The van der Waals surface area contributed by atoms with Gasteiger partial charge < -0.3 is 0 Å². The fourth-order valence-electron chi connectivity index (χ4n) is 1.44. The number of hydrogen-bond acceptors (Lipinski definition) is 2. The summed E-state index contributed by atoms with van der Waals surface area (Å²) in [6.45, 7) is 8.64. The molecule has 0 bridgehead atoms. The van der Waals surface area contributed by atoms with Crippen molar-refractivity contribution in [1.82, 2.24) is 0 Å². The van der Waals surface area contributed by atoms with E-state index < -0.39 is 8.07 Å². The zero-order chi connectivity index (χ0) is 12.9. The molecule has 0 unspecified atom stereocenters. The second-order valence-corrected chi connectivity index (χ2v) is 11.4. The predicted octanol–water partition coefficient (Wildman–Crippen LogP) is 3.52. The lowest BCUT2D eigenvalue weighted by Crippen LogP contribution is -2.37. The highest BCUT2D eigenvalue weighted by molar-refractivity contribution is 8.13. The van der Waals surface area contributed by atoms with E-state index in [1.165, 1.54) is 22.5 Å². The molecule has 0 radical (unpaired) electrons. The van der Waals surface area contributed by atoms with Crippen LogP contribution in [0.25, 0.3) is 6.08 Å². The molecule has 1 aromatic carbocycles. The van der Waals surface area contributed by atoms with Crippen molar-refractivity contribution in [1.29, 1.82) is 0 Å². The van der Waals surface area contributed by atoms with Gasteiger partial charge in [-0.05, 0) is 5.56 Å². The second-order valence-electron chi connectivity index (χ2n) is 5.08. The van der Waals surface area contributed by atoms with Gasteiger partial charge in [0.15, 0.2) is 5.12 Å². The van der Waals surface area contributed by atoms with Gasteiger partial charge in [0.1, 0.15) is 0 Å². The van der Waals surface area contributed by atoms with Gasteiger partial charge >= 0.3 is 0 Å². The minimum atomic E-state index is -1.18. The Kier molecular flexibility index (Phi) is 5.21.